The lowest BCUT2D eigenvalue weighted by Crippen LogP contribution is -2.28. The molecule has 10 heteroatoms. The zero-order valence-electron chi connectivity index (χ0n) is 12.9. The number of sulfonamides is 1. The minimum Gasteiger partial charge on any atom is -0.370 e. The molecule has 0 aromatic carbocycles. The summed E-state index contributed by atoms with van der Waals surface area (Å²) in [5.41, 5.74) is 1.04. The first-order valence-corrected chi connectivity index (χ1v) is 10.3. The highest BCUT2D eigenvalue weighted by molar-refractivity contribution is 7.91. The van der Waals surface area contributed by atoms with E-state index < -0.39 is 10.0 Å². The second-order valence-corrected chi connectivity index (χ2v) is 9.09. The smallest absolute Gasteiger partial charge is 0.250 e. The molecule has 0 aliphatic carbocycles. The number of anilines is 2. The Hall–Kier alpha value is -1.42. The molecule has 3 rings (SSSR count). The van der Waals surface area contributed by atoms with Gasteiger partial charge in [-0.3, -0.25) is 0 Å². The summed E-state index contributed by atoms with van der Waals surface area (Å²) < 4.78 is 27.3. The minimum atomic E-state index is -3.52. The number of aromatic nitrogens is 2. The van der Waals surface area contributed by atoms with Crippen LogP contribution in [0.4, 0.5) is 11.5 Å². The number of halogens is 1. The van der Waals surface area contributed by atoms with E-state index in [1.807, 2.05) is 6.07 Å². The normalized spacial score (nSPS) is 15.0. The average Bonchev–Trinajstić information content (AvgIpc) is 3.23. The molecule has 24 heavy (non-hydrogen) atoms. The molecule has 0 saturated carbocycles. The van der Waals surface area contributed by atoms with Crippen molar-refractivity contribution < 1.29 is 8.42 Å². The molecule has 0 unspecified atom stereocenters. The van der Waals surface area contributed by atoms with E-state index in [2.05, 4.69) is 25.1 Å². The molecular weight excluding hydrogens is 370 g/mol. The number of thiophene rings is 1. The highest BCUT2D eigenvalue weighted by Gasteiger charge is 2.16. The summed E-state index contributed by atoms with van der Waals surface area (Å²) in [5, 5.41) is 11.1. The first-order chi connectivity index (χ1) is 11.5. The molecule has 1 aliphatic rings. The van der Waals surface area contributed by atoms with Crippen LogP contribution in [0.3, 0.4) is 0 Å². The van der Waals surface area contributed by atoms with Gasteiger partial charge in [0.1, 0.15) is 4.21 Å². The fraction of sp³-hybridized carbons (Fsp3) is 0.429. The van der Waals surface area contributed by atoms with E-state index in [1.54, 1.807) is 12.3 Å². The number of rotatable bonds is 7. The molecule has 0 spiro atoms. The molecule has 130 valence electrons. The average molecular weight is 388 g/mol. The van der Waals surface area contributed by atoms with Gasteiger partial charge in [0.05, 0.1) is 16.2 Å². The van der Waals surface area contributed by atoms with Crippen LogP contribution in [0.1, 0.15) is 12.8 Å². The van der Waals surface area contributed by atoms with Gasteiger partial charge in [-0.05, 0) is 25.0 Å². The van der Waals surface area contributed by atoms with Crippen molar-refractivity contribution in [2.75, 3.05) is 36.4 Å². The number of hydrogen-bond acceptors (Lipinski definition) is 7. The van der Waals surface area contributed by atoms with Crippen LogP contribution in [-0.2, 0) is 10.0 Å². The molecule has 0 radical (unpaired) electrons. The Bertz CT molecular complexity index is 790. The Morgan fingerprint density at radius 1 is 1.25 bits per heavy atom. The van der Waals surface area contributed by atoms with Gasteiger partial charge in [-0.2, -0.15) is 5.10 Å². The van der Waals surface area contributed by atoms with E-state index in [-0.39, 0.29) is 10.8 Å². The number of nitrogens with zero attached hydrogens (tertiary/aromatic N) is 3. The molecule has 7 nitrogen and oxygen atoms in total. The van der Waals surface area contributed by atoms with E-state index in [4.69, 9.17) is 11.6 Å². The van der Waals surface area contributed by atoms with Crippen molar-refractivity contribution in [2.45, 2.75) is 17.1 Å². The first kappa shape index (κ1) is 17.4. The molecule has 2 N–H and O–H groups in total. The zero-order valence-corrected chi connectivity index (χ0v) is 15.3. The summed E-state index contributed by atoms with van der Waals surface area (Å²) in [4.78, 5) is 2.27. The van der Waals surface area contributed by atoms with Crippen LogP contribution in [0.5, 0.6) is 0 Å². The van der Waals surface area contributed by atoms with Crippen LogP contribution in [0.25, 0.3) is 0 Å². The van der Waals surface area contributed by atoms with Crippen molar-refractivity contribution in [1.29, 1.82) is 0 Å². The molecule has 1 saturated heterocycles. The van der Waals surface area contributed by atoms with Crippen molar-refractivity contribution in [3.63, 3.8) is 0 Å². The summed E-state index contributed by atoms with van der Waals surface area (Å²) in [7, 11) is -3.52. The second kappa shape index (κ2) is 7.64. The van der Waals surface area contributed by atoms with Crippen LogP contribution in [0.2, 0.25) is 4.34 Å². The molecule has 2 aromatic heterocycles. The highest BCUT2D eigenvalue weighted by Crippen LogP contribution is 2.25. The minimum absolute atomic E-state index is 0.211. The van der Waals surface area contributed by atoms with Crippen molar-refractivity contribution in [3.05, 3.63) is 28.7 Å². The zero-order chi connectivity index (χ0) is 17.0. The predicted molar refractivity (Wildman–Crippen MR) is 96.5 cm³/mol. The highest BCUT2D eigenvalue weighted by atomic mass is 35.5. The van der Waals surface area contributed by atoms with Crippen molar-refractivity contribution in [2.24, 2.45) is 0 Å². The Balaban J connectivity index is 1.50. The van der Waals surface area contributed by atoms with Gasteiger partial charge >= 0.3 is 0 Å². The standard InChI is InChI=1S/C14H18ClN5O2S2/c15-12-3-4-14(23-12)24(21,22)18-6-5-16-13-9-11(10-17-19-13)20-7-1-2-8-20/h3-4,9-10,18H,1-2,5-8H2,(H,16,19). The molecule has 1 aliphatic heterocycles. The monoisotopic (exact) mass is 387 g/mol. The maximum Gasteiger partial charge on any atom is 0.250 e. The van der Waals surface area contributed by atoms with Crippen LogP contribution in [0.15, 0.2) is 28.6 Å². The van der Waals surface area contributed by atoms with Crippen LogP contribution < -0.4 is 14.9 Å². The number of hydrogen-bond donors (Lipinski definition) is 2. The summed E-state index contributed by atoms with van der Waals surface area (Å²) >= 11 is 6.80. The molecule has 1 fully saturated rings. The Kier molecular flexibility index (Phi) is 5.54. The van der Waals surface area contributed by atoms with Gasteiger partial charge in [-0.15, -0.1) is 16.4 Å². The van der Waals surface area contributed by atoms with Crippen molar-refractivity contribution >= 4 is 44.5 Å². The summed E-state index contributed by atoms with van der Waals surface area (Å²) in [6, 6.07) is 5.00. The van der Waals surface area contributed by atoms with Gasteiger partial charge in [0.2, 0.25) is 10.0 Å². The van der Waals surface area contributed by atoms with Crippen LogP contribution in [0, 0.1) is 0 Å². The lowest BCUT2D eigenvalue weighted by Gasteiger charge is -2.17. The van der Waals surface area contributed by atoms with E-state index in [0.29, 0.717) is 16.7 Å². The fourth-order valence-electron chi connectivity index (χ4n) is 2.48. The van der Waals surface area contributed by atoms with E-state index in [9.17, 15) is 8.42 Å². The SMILES string of the molecule is O=S(=O)(NCCNc1cc(N2CCCC2)cnn1)c1ccc(Cl)s1. The third-order valence-electron chi connectivity index (χ3n) is 3.65. The molecule has 3 heterocycles. The van der Waals surface area contributed by atoms with E-state index >= 15 is 0 Å². The lowest BCUT2D eigenvalue weighted by molar-refractivity contribution is 0.585. The summed E-state index contributed by atoms with van der Waals surface area (Å²) in [6.45, 7) is 2.73. The van der Waals surface area contributed by atoms with Crippen molar-refractivity contribution in [1.82, 2.24) is 14.9 Å². The van der Waals surface area contributed by atoms with Gasteiger partial charge in [0.25, 0.3) is 0 Å². The summed E-state index contributed by atoms with van der Waals surface area (Å²) in [5.74, 6) is 0.637. The third-order valence-corrected chi connectivity index (χ3v) is 6.83. The molecule has 0 atom stereocenters. The molecule has 0 amide bonds. The van der Waals surface area contributed by atoms with Gasteiger partial charge in [-0.25, -0.2) is 13.1 Å². The molecular formula is C14H18ClN5O2S2. The predicted octanol–water partition coefficient (Wildman–Crippen LogP) is 2.18. The van der Waals surface area contributed by atoms with Gasteiger partial charge < -0.3 is 10.2 Å². The lowest BCUT2D eigenvalue weighted by atomic mass is 10.4. The largest absolute Gasteiger partial charge is 0.370 e. The molecule has 2 aromatic rings. The summed E-state index contributed by atoms with van der Waals surface area (Å²) in [6.07, 6.45) is 4.14. The quantitative estimate of drug-likeness (QED) is 0.708. The van der Waals surface area contributed by atoms with E-state index in [0.717, 1.165) is 30.1 Å². The number of nitrogens with one attached hydrogen (secondary N) is 2. The molecule has 0 bridgehead atoms. The maximum absolute atomic E-state index is 12.1. The van der Waals surface area contributed by atoms with Crippen molar-refractivity contribution in [3.8, 4) is 0 Å². The Morgan fingerprint density at radius 2 is 2.04 bits per heavy atom. The van der Waals surface area contributed by atoms with Gasteiger partial charge in [-0.1, -0.05) is 11.6 Å². The maximum atomic E-state index is 12.1. The van der Waals surface area contributed by atoms with Crippen LogP contribution >= 0.6 is 22.9 Å². The van der Waals surface area contributed by atoms with Crippen LogP contribution in [-0.4, -0.2) is 44.8 Å². The van der Waals surface area contributed by atoms with E-state index in [1.165, 1.54) is 18.9 Å². The van der Waals surface area contributed by atoms with Gasteiger partial charge in [0.15, 0.2) is 5.82 Å². The fourth-order valence-corrected chi connectivity index (χ4v) is 5.04. The third kappa shape index (κ3) is 4.35. The topological polar surface area (TPSA) is 87.2 Å². The van der Waals surface area contributed by atoms with Gasteiger partial charge in [0, 0.05) is 32.2 Å². The Morgan fingerprint density at radius 3 is 2.75 bits per heavy atom. The second-order valence-electron chi connectivity index (χ2n) is 5.38. The Labute approximate surface area is 150 Å². The first-order valence-electron chi connectivity index (χ1n) is 7.61.